The van der Waals surface area contributed by atoms with E-state index in [2.05, 4.69) is 12.1 Å². The zero-order valence-electron chi connectivity index (χ0n) is 13.2. The van der Waals surface area contributed by atoms with E-state index in [-0.39, 0.29) is 0 Å². The summed E-state index contributed by atoms with van der Waals surface area (Å²) in [6.45, 7) is 0. The van der Waals surface area contributed by atoms with Crippen molar-refractivity contribution in [2.24, 2.45) is 0 Å². The van der Waals surface area contributed by atoms with Gasteiger partial charge in [0.2, 0.25) is 0 Å². The van der Waals surface area contributed by atoms with Crippen molar-refractivity contribution in [1.82, 2.24) is 0 Å². The summed E-state index contributed by atoms with van der Waals surface area (Å²) in [7, 11) is -2.68. The quantitative estimate of drug-likeness (QED) is 0.326. The van der Waals surface area contributed by atoms with Crippen LogP contribution in [0.5, 0.6) is 5.75 Å². The van der Waals surface area contributed by atoms with Crippen LogP contribution < -0.4 is 4.52 Å². The molecule has 25 heavy (non-hydrogen) atoms. The Morgan fingerprint density at radius 1 is 0.760 bits per heavy atom. The number of rotatable bonds is 4. The Hall–Kier alpha value is -2.42. The maximum atomic E-state index is 12.2. The molecule has 0 radical (unpaired) electrons. The van der Waals surface area contributed by atoms with Crippen molar-refractivity contribution in [3.63, 3.8) is 0 Å². The van der Waals surface area contributed by atoms with Crippen molar-refractivity contribution in [3.8, 4) is 5.75 Å². The Kier molecular flexibility index (Phi) is 4.64. The van der Waals surface area contributed by atoms with Crippen molar-refractivity contribution in [2.45, 2.75) is 9.79 Å². The van der Waals surface area contributed by atoms with Gasteiger partial charge in [0.1, 0.15) is 12.0 Å². The molecule has 4 rings (SSSR count). The highest BCUT2D eigenvalue weighted by Crippen LogP contribution is 2.45. The normalized spacial score (nSPS) is 13.4. The standard InChI is InChI=1S/C20H15O3PS/c21-24(23-15-8-2-1-3-9-15)22-14-18-16-10-4-6-12-19(16)25-20-13-7-5-11-17(18)20/h1-14,24H. The van der Waals surface area contributed by atoms with Crippen LogP contribution in [0, 0.1) is 0 Å². The molecule has 1 aliphatic heterocycles. The Bertz CT molecular complexity index is 906. The third kappa shape index (κ3) is 3.51. The molecule has 0 N–H and O–H groups in total. The maximum Gasteiger partial charge on any atom is 0.418 e. The molecule has 0 fully saturated rings. The summed E-state index contributed by atoms with van der Waals surface area (Å²) in [5.74, 6) is 0.532. The molecule has 3 nitrogen and oxygen atoms in total. The second-order valence-corrected chi connectivity index (χ2v) is 7.43. The lowest BCUT2D eigenvalue weighted by Gasteiger charge is -2.21. The highest BCUT2D eigenvalue weighted by Gasteiger charge is 2.20. The number of benzene rings is 3. The lowest BCUT2D eigenvalue weighted by Crippen LogP contribution is -1.99. The highest BCUT2D eigenvalue weighted by atomic mass is 32.2. The zero-order chi connectivity index (χ0) is 17.1. The third-order valence-corrected chi connectivity index (χ3v) is 5.66. The zero-order valence-corrected chi connectivity index (χ0v) is 15.0. The fourth-order valence-corrected chi connectivity index (χ4v) is 4.36. The molecule has 3 aromatic carbocycles. The van der Waals surface area contributed by atoms with Gasteiger partial charge in [-0.1, -0.05) is 66.4 Å². The highest BCUT2D eigenvalue weighted by molar-refractivity contribution is 7.99. The summed E-state index contributed by atoms with van der Waals surface area (Å²) < 4.78 is 23.0. The number of hydrogen-bond acceptors (Lipinski definition) is 4. The minimum absolute atomic E-state index is 0.532. The molecule has 1 aliphatic rings. The minimum atomic E-state index is -2.68. The van der Waals surface area contributed by atoms with Crippen LogP contribution in [0.3, 0.4) is 0 Å². The predicted molar refractivity (Wildman–Crippen MR) is 101 cm³/mol. The predicted octanol–water partition coefficient (Wildman–Crippen LogP) is 6.03. The third-order valence-electron chi connectivity index (χ3n) is 3.79. The molecule has 124 valence electrons. The summed E-state index contributed by atoms with van der Waals surface area (Å²) in [4.78, 5) is 2.30. The molecule has 0 amide bonds. The van der Waals surface area contributed by atoms with E-state index in [0.717, 1.165) is 26.5 Å². The van der Waals surface area contributed by atoms with Gasteiger partial charge in [-0.2, -0.15) is 0 Å². The van der Waals surface area contributed by atoms with Crippen LogP contribution in [-0.2, 0) is 9.09 Å². The molecule has 5 heteroatoms. The molecule has 0 saturated heterocycles. The Labute approximate surface area is 151 Å². The molecule has 0 bridgehead atoms. The van der Waals surface area contributed by atoms with Gasteiger partial charge in [0.15, 0.2) is 0 Å². The van der Waals surface area contributed by atoms with Gasteiger partial charge in [0, 0.05) is 15.4 Å². The van der Waals surface area contributed by atoms with Gasteiger partial charge in [-0.15, -0.1) is 0 Å². The monoisotopic (exact) mass is 366 g/mol. The van der Waals surface area contributed by atoms with Crippen LogP contribution in [-0.4, -0.2) is 0 Å². The van der Waals surface area contributed by atoms with Gasteiger partial charge in [0.25, 0.3) is 0 Å². The van der Waals surface area contributed by atoms with E-state index in [1.54, 1.807) is 30.2 Å². The first kappa shape index (κ1) is 16.1. The SMILES string of the molecule is O=[PH](OC=C1c2ccccc2Sc2ccccc21)Oc1ccccc1. The average Bonchev–Trinajstić information content (AvgIpc) is 2.66. The van der Waals surface area contributed by atoms with Crippen LogP contribution in [0.1, 0.15) is 11.1 Å². The van der Waals surface area contributed by atoms with E-state index >= 15 is 0 Å². The van der Waals surface area contributed by atoms with Gasteiger partial charge in [0.05, 0.1) is 0 Å². The van der Waals surface area contributed by atoms with Gasteiger partial charge in [-0.25, -0.2) is 4.57 Å². The van der Waals surface area contributed by atoms with Crippen LogP contribution in [0.4, 0.5) is 0 Å². The molecule has 0 spiro atoms. The minimum Gasteiger partial charge on any atom is -0.425 e. The molecule has 1 heterocycles. The second-order valence-electron chi connectivity index (χ2n) is 5.41. The first-order valence-electron chi connectivity index (χ1n) is 7.81. The van der Waals surface area contributed by atoms with Crippen molar-refractivity contribution < 1.29 is 13.6 Å². The summed E-state index contributed by atoms with van der Waals surface area (Å²) in [5, 5.41) is 0. The molecule has 0 aromatic heterocycles. The second kappa shape index (κ2) is 7.22. The smallest absolute Gasteiger partial charge is 0.418 e. The number of fused-ring (bicyclic) bond motifs is 2. The molecule has 0 saturated carbocycles. The molecule has 1 atom stereocenters. The van der Waals surface area contributed by atoms with E-state index in [1.165, 1.54) is 0 Å². The summed E-state index contributed by atoms with van der Waals surface area (Å²) >= 11 is 1.73. The van der Waals surface area contributed by atoms with Gasteiger partial charge >= 0.3 is 8.25 Å². The number of para-hydroxylation sites is 1. The van der Waals surface area contributed by atoms with Gasteiger partial charge < -0.3 is 9.05 Å². The van der Waals surface area contributed by atoms with Crippen molar-refractivity contribution in [3.05, 3.63) is 96.3 Å². The van der Waals surface area contributed by atoms with E-state index in [1.807, 2.05) is 54.6 Å². The number of hydrogen-bond donors (Lipinski definition) is 0. The van der Waals surface area contributed by atoms with E-state index in [9.17, 15) is 4.57 Å². The molecular weight excluding hydrogens is 351 g/mol. The Balaban J connectivity index is 1.63. The topological polar surface area (TPSA) is 35.5 Å². The first-order chi connectivity index (χ1) is 12.3. The maximum absolute atomic E-state index is 12.2. The Morgan fingerprint density at radius 2 is 1.32 bits per heavy atom. The van der Waals surface area contributed by atoms with E-state index < -0.39 is 8.25 Å². The molecule has 0 aliphatic carbocycles. The van der Waals surface area contributed by atoms with Crippen LogP contribution in [0.25, 0.3) is 5.57 Å². The Morgan fingerprint density at radius 3 is 1.96 bits per heavy atom. The molecule has 3 aromatic rings. The fraction of sp³-hybridized carbons (Fsp3) is 0. The largest absolute Gasteiger partial charge is 0.425 e. The first-order valence-corrected chi connectivity index (χ1v) is 9.86. The lowest BCUT2D eigenvalue weighted by atomic mass is 9.98. The van der Waals surface area contributed by atoms with Crippen LogP contribution in [0.15, 0.2) is 94.9 Å². The summed E-state index contributed by atoms with van der Waals surface area (Å²) in [5.41, 5.74) is 3.06. The van der Waals surface area contributed by atoms with Crippen molar-refractivity contribution >= 4 is 25.6 Å². The molecular formula is C20H15O3PS. The average molecular weight is 366 g/mol. The summed E-state index contributed by atoms with van der Waals surface area (Å²) in [6.07, 6.45) is 1.56. The van der Waals surface area contributed by atoms with Crippen molar-refractivity contribution in [2.75, 3.05) is 0 Å². The molecule has 1 unspecified atom stereocenters. The van der Waals surface area contributed by atoms with Crippen LogP contribution in [0.2, 0.25) is 0 Å². The van der Waals surface area contributed by atoms with Crippen LogP contribution >= 0.6 is 20.0 Å². The van der Waals surface area contributed by atoms with E-state index in [0.29, 0.717) is 5.75 Å². The van der Waals surface area contributed by atoms with Gasteiger partial charge in [-0.05, 0) is 35.4 Å². The fourth-order valence-electron chi connectivity index (χ4n) is 2.66. The van der Waals surface area contributed by atoms with E-state index in [4.69, 9.17) is 9.05 Å². The van der Waals surface area contributed by atoms with Gasteiger partial charge in [-0.3, -0.25) is 0 Å². The van der Waals surface area contributed by atoms with Crippen molar-refractivity contribution in [1.29, 1.82) is 0 Å². The lowest BCUT2D eigenvalue weighted by molar-refractivity contribution is 0.384. The summed E-state index contributed by atoms with van der Waals surface area (Å²) in [6, 6.07) is 25.3.